The number of hydrogen-bond donors (Lipinski definition) is 0. The Hall–Kier alpha value is -5.21. The van der Waals surface area contributed by atoms with Crippen molar-refractivity contribution in [2.24, 2.45) is 0 Å². The van der Waals surface area contributed by atoms with E-state index in [0.29, 0.717) is 15.3 Å². The first-order valence-electron chi connectivity index (χ1n) is 12.4. The lowest BCUT2D eigenvalue weighted by molar-refractivity contribution is 0.892. The van der Waals surface area contributed by atoms with Crippen molar-refractivity contribution in [3.8, 4) is 39.6 Å². The Balaban J connectivity index is 1.25. The maximum absolute atomic E-state index is 13.0. The number of benzene rings is 3. The van der Waals surface area contributed by atoms with Gasteiger partial charge in [0.15, 0.2) is 5.82 Å². The van der Waals surface area contributed by atoms with Crippen molar-refractivity contribution >= 4 is 22.4 Å². The summed E-state index contributed by atoms with van der Waals surface area (Å²) in [5.74, 6) is 0.514. The molecule has 0 aliphatic carbocycles. The van der Waals surface area contributed by atoms with Gasteiger partial charge in [-0.15, -0.1) is 5.10 Å². The molecule has 7 aromatic rings. The molecule has 0 aliphatic rings. The third-order valence-electron chi connectivity index (χ3n) is 6.40. The molecule has 0 N–H and O–H groups in total. The topological polar surface area (TPSA) is 78.0 Å². The molecule has 8 heteroatoms. The zero-order valence-electron chi connectivity index (χ0n) is 20.5. The van der Waals surface area contributed by atoms with Gasteiger partial charge in [-0.2, -0.15) is 14.6 Å². The van der Waals surface area contributed by atoms with Crippen molar-refractivity contribution in [3.05, 3.63) is 136 Å². The largest absolute Gasteiger partial charge is 0.291 e. The molecule has 0 fully saturated rings. The minimum absolute atomic E-state index is 0.183. The minimum atomic E-state index is -0.183. The Bertz CT molecular complexity index is 2010. The van der Waals surface area contributed by atoms with Crippen molar-refractivity contribution in [2.75, 3.05) is 0 Å². The van der Waals surface area contributed by atoms with Gasteiger partial charge in [-0.1, -0.05) is 84.1 Å². The molecule has 7 nitrogen and oxygen atoms in total. The molecular weight excluding hydrogens is 504 g/mol. The van der Waals surface area contributed by atoms with E-state index >= 15 is 0 Å². The fraction of sp³-hybridized carbons (Fsp3) is 0. The van der Waals surface area contributed by atoms with Gasteiger partial charge in [-0.3, -0.25) is 9.78 Å². The Morgan fingerprint density at radius 2 is 1.41 bits per heavy atom. The molecule has 3 aromatic carbocycles. The second-order valence-electron chi connectivity index (χ2n) is 8.93. The fourth-order valence-corrected chi connectivity index (χ4v) is 5.37. The van der Waals surface area contributed by atoms with Gasteiger partial charge in [0.1, 0.15) is 0 Å². The first-order chi connectivity index (χ1) is 19.2. The maximum atomic E-state index is 13.0. The highest BCUT2D eigenvalue weighted by Gasteiger charge is 2.14. The van der Waals surface area contributed by atoms with Crippen molar-refractivity contribution in [2.45, 2.75) is 0 Å². The van der Waals surface area contributed by atoms with E-state index in [0.717, 1.165) is 39.3 Å². The van der Waals surface area contributed by atoms with Crippen LogP contribution in [0.15, 0.2) is 120 Å². The number of pyridine rings is 1. The Morgan fingerprint density at radius 3 is 2.10 bits per heavy atom. The van der Waals surface area contributed by atoms with E-state index in [9.17, 15) is 4.79 Å². The van der Waals surface area contributed by atoms with E-state index in [2.05, 4.69) is 45.4 Å². The van der Waals surface area contributed by atoms with Gasteiger partial charge < -0.3 is 0 Å². The number of hydrogen-bond acceptors (Lipinski definition) is 6. The van der Waals surface area contributed by atoms with Crippen LogP contribution in [0.2, 0.25) is 0 Å². The molecule has 0 radical (unpaired) electrons. The van der Waals surface area contributed by atoms with Gasteiger partial charge in [-0.05, 0) is 42.0 Å². The van der Waals surface area contributed by atoms with Gasteiger partial charge in [-0.25, -0.2) is 4.68 Å². The highest BCUT2D eigenvalue weighted by molar-refractivity contribution is 7.15. The van der Waals surface area contributed by atoms with Crippen LogP contribution >= 0.6 is 11.3 Å². The van der Waals surface area contributed by atoms with Crippen LogP contribution in [-0.4, -0.2) is 29.4 Å². The van der Waals surface area contributed by atoms with E-state index < -0.39 is 0 Å². The van der Waals surface area contributed by atoms with Crippen LogP contribution in [0, 0.1) is 0 Å². The van der Waals surface area contributed by atoms with Crippen molar-refractivity contribution in [1.82, 2.24) is 29.4 Å². The van der Waals surface area contributed by atoms with Crippen molar-refractivity contribution in [3.63, 3.8) is 0 Å². The average molecular weight is 525 g/mol. The predicted molar refractivity (Wildman–Crippen MR) is 154 cm³/mol. The first-order valence-corrected chi connectivity index (χ1v) is 13.2. The quantitative estimate of drug-likeness (QED) is 0.306. The summed E-state index contributed by atoms with van der Waals surface area (Å²) in [6.07, 6.45) is 5.23. The third-order valence-corrected chi connectivity index (χ3v) is 7.36. The molecule has 4 aromatic heterocycles. The minimum Gasteiger partial charge on any atom is -0.266 e. The van der Waals surface area contributed by atoms with E-state index in [1.807, 2.05) is 83.6 Å². The summed E-state index contributed by atoms with van der Waals surface area (Å²) in [7, 11) is 0. The molecule has 0 bridgehead atoms. The SMILES string of the molecule is O=c1c(=Cc2ccc(-n3nc(-c4ccccc4)cc3-c3ccccc3)cc2)sc2nc(-c3ccncc3)nn12. The molecule has 4 heterocycles. The molecule has 0 aliphatic heterocycles. The lowest BCUT2D eigenvalue weighted by Crippen LogP contribution is -2.23. The average Bonchev–Trinajstić information content (AvgIpc) is 3.70. The highest BCUT2D eigenvalue weighted by Crippen LogP contribution is 2.28. The smallest absolute Gasteiger partial charge is 0.266 e. The van der Waals surface area contributed by atoms with Crippen LogP contribution in [0.4, 0.5) is 0 Å². The summed E-state index contributed by atoms with van der Waals surface area (Å²) in [4.78, 5) is 22.1. The van der Waals surface area contributed by atoms with Crippen LogP contribution in [0.5, 0.6) is 0 Å². The molecule has 0 amide bonds. The summed E-state index contributed by atoms with van der Waals surface area (Å²) < 4.78 is 3.90. The zero-order valence-corrected chi connectivity index (χ0v) is 21.4. The molecule has 39 heavy (non-hydrogen) atoms. The lowest BCUT2D eigenvalue weighted by atomic mass is 10.1. The third kappa shape index (κ3) is 4.32. The molecule has 0 spiro atoms. The number of nitrogens with zero attached hydrogens (tertiary/aromatic N) is 6. The molecule has 7 rings (SSSR count). The van der Waals surface area contributed by atoms with Crippen molar-refractivity contribution < 1.29 is 0 Å². The van der Waals surface area contributed by atoms with Gasteiger partial charge in [0, 0.05) is 29.1 Å². The molecule has 0 saturated carbocycles. The molecule has 0 saturated heterocycles. The Morgan fingerprint density at radius 1 is 0.718 bits per heavy atom. The molecule has 0 unspecified atom stereocenters. The van der Waals surface area contributed by atoms with Gasteiger partial charge >= 0.3 is 0 Å². The Kier molecular flexibility index (Phi) is 5.64. The standard InChI is InChI=1S/C31H20N6OS/c38-30-28(39-31-33-29(35-37(30)31)24-15-17-32-18-16-24)19-21-11-13-25(14-12-21)36-27(23-9-5-2-6-10-23)20-26(34-36)22-7-3-1-4-8-22/h1-20H. The first kappa shape index (κ1) is 22.9. The van der Waals surface area contributed by atoms with Gasteiger partial charge in [0.25, 0.3) is 5.56 Å². The van der Waals surface area contributed by atoms with Crippen LogP contribution < -0.4 is 10.1 Å². The number of rotatable bonds is 5. The molecule has 186 valence electrons. The Labute approximate surface area is 227 Å². The maximum Gasteiger partial charge on any atom is 0.291 e. The van der Waals surface area contributed by atoms with Gasteiger partial charge in [0.2, 0.25) is 4.96 Å². The number of aromatic nitrogens is 6. The second-order valence-corrected chi connectivity index (χ2v) is 9.94. The molecular formula is C31H20N6OS. The van der Waals surface area contributed by atoms with Crippen LogP contribution in [0.3, 0.4) is 0 Å². The van der Waals surface area contributed by atoms with E-state index in [1.165, 1.54) is 15.9 Å². The summed E-state index contributed by atoms with van der Waals surface area (Å²) in [6, 6.07) is 34.2. The van der Waals surface area contributed by atoms with Crippen LogP contribution in [-0.2, 0) is 0 Å². The monoisotopic (exact) mass is 524 g/mol. The normalized spacial score (nSPS) is 11.8. The summed E-state index contributed by atoms with van der Waals surface area (Å²) >= 11 is 1.32. The van der Waals surface area contributed by atoms with E-state index in [-0.39, 0.29) is 5.56 Å². The number of thiazole rings is 1. The highest BCUT2D eigenvalue weighted by atomic mass is 32.1. The number of fused-ring (bicyclic) bond motifs is 1. The molecule has 0 atom stereocenters. The van der Waals surface area contributed by atoms with Crippen LogP contribution in [0.1, 0.15) is 5.56 Å². The zero-order chi connectivity index (χ0) is 26.2. The predicted octanol–water partition coefficient (Wildman–Crippen LogP) is 5.28. The summed E-state index contributed by atoms with van der Waals surface area (Å²) in [5.41, 5.74) is 6.53. The fourth-order valence-electron chi connectivity index (χ4n) is 4.46. The summed E-state index contributed by atoms with van der Waals surface area (Å²) in [6.45, 7) is 0. The van der Waals surface area contributed by atoms with Gasteiger partial charge in [0.05, 0.1) is 21.6 Å². The van der Waals surface area contributed by atoms with Crippen LogP contribution in [0.25, 0.3) is 50.6 Å². The second kappa shape index (κ2) is 9.59. The summed E-state index contributed by atoms with van der Waals surface area (Å²) in [5, 5.41) is 9.35. The van der Waals surface area contributed by atoms with E-state index in [4.69, 9.17) is 5.10 Å². The lowest BCUT2D eigenvalue weighted by Gasteiger charge is -2.08. The van der Waals surface area contributed by atoms with E-state index in [1.54, 1.807) is 12.4 Å². The van der Waals surface area contributed by atoms with Crippen molar-refractivity contribution in [1.29, 1.82) is 0 Å².